The number of alkyl halides is 21. The molecule has 1 N–H and O–H groups in total. The molecule has 1 aromatic carbocycles. The average Bonchev–Trinajstić information content (AvgIpc) is 3.59. The summed E-state index contributed by atoms with van der Waals surface area (Å²) in [5.74, 6) is -78.2. The fraction of sp³-hybridized carbons (Fsp3) is 0.565. The molecule has 2 heterocycles. The van der Waals surface area contributed by atoms with E-state index in [9.17, 15) is 97.3 Å². The van der Waals surface area contributed by atoms with Crippen molar-refractivity contribution >= 4 is 22.4 Å². The van der Waals surface area contributed by atoms with Gasteiger partial charge < -0.3 is 9.67 Å². The molecule has 1 atom stereocenters. The third-order valence-corrected chi connectivity index (χ3v) is 7.36. The predicted molar refractivity (Wildman–Crippen MR) is 122 cm³/mol. The van der Waals surface area contributed by atoms with E-state index in [2.05, 4.69) is 9.97 Å². The second-order valence-electron chi connectivity index (χ2n) is 10.1. The average molecular weight is 777 g/mol. The van der Waals surface area contributed by atoms with Crippen molar-refractivity contribution in [2.75, 3.05) is 0 Å². The van der Waals surface area contributed by atoms with Gasteiger partial charge in [-0.15, -0.1) is 11.3 Å². The van der Waals surface area contributed by atoms with Crippen LogP contribution in [0.5, 0.6) is 0 Å². The van der Waals surface area contributed by atoms with Gasteiger partial charge in [0, 0.05) is 11.8 Å². The topological polar surface area (TPSA) is 50.9 Å². The molecule has 0 bridgehead atoms. The molecule has 0 aliphatic carbocycles. The lowest BCUT2D eigenvalue weighted by atomic mass is 9.85. The first-order chi connectivity index (χ1) is 21.7. The number of hydrogen-bond acceptors (Lipinski definition) is 4. The van der Waals surface area contributed by atoms with Crippen LogP contribution in [0.15, 0.2) is 35.2 Å². The van der Waals surface area contributed by atoms with Gasteiger partial charge in [0.1, 0.15) is 5.69 Å². The molecule has 0 aliphatic rings. The number of nitrogens with zero attached hydrogens (tertiary/aromatic N) is 3. The molecule has 4 nitrogen and oxygen atoms in total. The van der Waals surface area contributed by atoms with Crippen LogP contribution in [0.1, 0.15) is 6.42 Å². The minimum Gasteiger partial charge on any atom is -0.391 e. The molecule has 0 amide bonds. The summed E-state index contributed by atoms with van der Waals surface area (Å²) in [5, 5.41) is 11.3. The SMILES string of the molecule is OC(Cn1c(-c2cscn2)nc2ccccc21)CC(F)(F)C(F)(F)C(F)(F)C(F)(F)C(F)(F)C(F)(F)C(F)(F)C(F)(F)C(F)(F)C(F)(F)F. The Kier molecular flexibility index (Phi) is 9.59. The van der Waals surface area contributed by atoms with Crippen molar-refractivity contribution in [1.82, 2.24) is 14.5 Å². The molecule has 1 unspecified atom stereocenters. The zero-order chi connectivity index (χ0) is 38.2. The minimum atomic E-state index is -9.25. The first kappa shape index (κ1) is 40.2. The van der Waals surface area contributed by atoms with Gasteiger partial charge in [-0.3, -0.25) is 0 Å². The third kappa shape index (κ3) is 5.63. The fourth-order valence-corrected chi connectivity index (χ4v) is 4.60. The van der Waals surface area contributed by atoms with E-state index in [0.29, 0.717) is 0 Å². The summed E-state index contributed by atoms with van der Waals surface area (Å²) in [6.45, 7) is -1.38. The van der Waals surface area contributed by atoms with Crippen LogP contribution in [-0.2, 0) is 6.54 Å². The molecule has 3 rings (SSSR count). The summed E-state index contributed by atoms with van der Waals surface area (Å²) >= 11 is 0.908. The van der Waals surface area contributed by atoms with Crippen LogP contribution in [0.2, 0.25) is 0 Å². The molecule has 0 saturated carbocycles. The van der Waals surface area contributed by atoms with E-state index in [1.54, 1.807) is 0 Å². The highest BCUT2D eigenvalue weighted by atomic mass is 32.1. The lowest BCUT2D eigenvalue weighted by molar-refractivity contribution is -0.474. The summed E-state index contributed by atoms with van der Waals surface area (Å²) in [6, 6.07) is 5.05. The molecule has 0 spiro atoms. The number of thiazole rings is 1. The van der Waals surface area contributed by atoms with Crippen molar-refractivity contribution in [2.24, 2.45) is 0 Å². The maximum Gasteiger partial charge on any atom is 0.460 e. The Morgan fingerprint density at radius 2 is 1.04 bits per heavy atom. The zero-order valence-corrected chi connectivity index (χ0v) is 23.4. The van der Waals surface area contributed by atoms with Crippen LogP contribution in [0.3, 0.4) is 0 Å². The first-order valence-electron chi connectivity index (χ1n) is 12.2. The number of rotatable bonds is 13. The van der Waals surface area contributed by atoms with E-state index in [4.69, 9.17) is 0 Å². The van der Waals surface area contributed by atoms with Crippen LogP contribution in [0, 0.1) is 0 Å². The molecular formula is C23H12F21N3OS. The summed E-state index contributed by atoms with van der Waals surface area (Å²) < 4.78 is 287. The van der Waals surface area contributed by atoms with Gasteiger partial charge >= 0.3 is 59.5 Å². The summed E-state index contributed by atoms with van der Waals surface area (Å²) in [5.41, 5.74) is 1.01. The van der Waals surface area contributed by atoms with E-state index in [0.717, 1.165) is 15.9 Å². The summed E-state index contributed by atoms with van der Waals surface area (Å²) in [6.07, 6.45) is -14.3. The van der Waals surface area contributed by atoms with Crippen molar-refractivity contribution in [3.63, 3.8) is 0 Å². The Balaban J connectivity index is 2.01. The Morgan fingerprint density at radius 3 is 1.47 bits per heavy atom. The molecular weight excluding hydrogens is 765 g/mol. The molecule has 0 aliphatic heterocycles. The summed E-state index contributed by atoms with van der Waals surface area (Å²) in [4.78, 5) is 7.80. The van der Waals surface area contributed by atoms with Crippen LogP contribution < -0.4 is 0 Å². The fourth-order valence-electron chi connectivity index (χ4n) is 4.07. The minimum absolute atomic E-state index is 0.000462. The Hall–Kier alpha value is -3.19. The lowest BCUT2D eigenvalue weighted by Crippen LogP contribution is -2.76. The highest BCUT2D eigenvalue weighted by molar-refractivity contribution is 7.07. The largest absolute Gasteiger partial charge is 0.460 e. The van der Waals surface area contributed by atoms with Gasteiger partial charge in [-0.05, 0) is 12.1 Å². The second-order valence-corrected chi connectivity index (χ2v) is 10.8. The normalized spacial score (nSPS) is 16.0. The maximum atomic E-state index is 14.5. The van der Waals surface area contributed by atoms with Gasteiger partial charge in [0.15, 0.2) is 5.82 Å². The van der Waals surface area contributed by atoms with E-state index < -0.39 is 78.5 Å². The zero-order valence-electron chi connectivity index (χ0n) is 22.6. The predicted octanol–water partition coefficient (Wildman–Crippen LogP) is 9.19. The van der Waals surface area contributed by atoms with Crippen molar-refractivity contribution in [3.05, 3.63) is 35.2 Å². The number of aromatic nitrogens is 3. The van der Waals surface area contributed by atoms with Gasteiger partial charge in [-0.2, -0.15) is 92.2 Å². The first-order valence-corrected chi connectivity index (χ1v) is 13.1. The molecule has 0 saturated heterocycles. The third-order valence-electron chi connectivity index (χ3n) is 6.78. The molecule has 2 aromatic heterocycles. The quantitative estimate of drug-likeness (QED) is 0.176. The number of aliphatic hydroxyl groups is 1. The van der Waals surface area contributed by atoms with Crippen molar-refractivity contribution < 1.29 is 97.3 Å². The monoisotopic (exact) mass is 777 g/mol. The standard InChI is InChI=1S/C23H12F21N3OS/c24-14(25,5-9(48)6-47-12-4-2-1-3-10(12)46-13(47)11-7-49-8-45-11)15(26,27)16(28,29)17(30,31)18(32,33)19(34,35)20(36,37)21(38,39)22(40,41)23(42,43)44/h1-4,7-9,48H,5-6H2. The Bertz CT molecular complexity index is 1630. The van der Waals surface area contributed by atoms with Gasteiger partial charge in [0.2, 0.25) is 0 Å². The maximum absolute atomic E-state index is 14.5. The number of aliphatic hydroxyl groups excluding tert-OH is 1. The van der Waals surface area contributed by atoms with E-state index in [1.165, 1.54) is 35.2 Å². The second kappa shape index (κ2) is 11.7. The molecule has 49 heavy (non-hydrogen) atoms. The molecule has 0 fully saturated rings. The number of imidazole rings is 1. The Morgan fingerprint density at radius 1 is 0.612 bits per heavy atom. The van der Waals surface area contributed by atoms with Gasteiger partial charge in [0.25, 0.3) is 0 Å². The number of benzene rings is 1. The molecule has 278 valence electrons. The number of hydrogen-bond donors (Lipinski definition) is 1. The number of halogens is 21. The van der Waals surface area contributed by atoms with Crippen LogP contribution in [0.4, 0.5) is 92.2 Å². The molecule has 3 aromatic rings. The van der Waals surface area contributed by atoms with Crippen molar-refractivity contribution in [2.45, 2.75) is 78.5 Å². The van der Waals surface area contributed by atoms with Gasteiger partial charge in [-0.1, -0.05) is 12.1 Å². The van der Waals surface area contributed by atoms with Crippen LogP contribution >= 0.6 is 11.3 Å². The van der Waals surface area contributed by atoms with Crippen LogP contribution in [-0.4, -0.2) is 85.2 Å². The van der Waals surface area contributed by atoms with E-state index in [1.807, 2.05) is 0 Å². The lowest BCUT2D eigenvalue weighted by Gasteiger charge is -2.44. The van der Waals surface area contributed by atoms with Gasteiger partial charge in [0.05, 0.1) is 29.2 Å². The molecule has 26 heteroatoms. The van der Waals surface area contributed by atoms with Gasteiger partial charge in [-0.25, -0.2) is 9.97 Å². The smallest absolute Gasteiger partial charge is 0.391 e. The van der Waals surface area contributed by atoms with E-state index in [-0.39, 0.29) is 22.6 Å². The van der Waals surface area contributed by atoms with Crippen molar-refractivity contribution in [3.8, 4) is 11.5 Å². The Labute approximate surface area is 260 Å². The summed E-state index contributed by atoms with van der Waals surface area (Å²) in [7, 11) is 0. The number of para-hydroxylation sites is 2. The van der Waals surface area contributed by atoms with Crippen LogP contribution in [0.25, 0.3) is 22.6 Å². The van der Waals surface area contributed by atoms with Crippen molar-refractivity contribution in [1.29, 1.82) is 0 Å². The van der Waals surface area contributed by atoms with E-state index >= 15 is 0 Å². The highest BCUT2D eigenvalue weighted by Crippen LogP contribution is 2.66. The molecule has 0 radical (unpaired) electrons. The highest BCUT2D eigenvalue weighted by Gasteiger charge is 2.97. The number of fused-ring (bicyclic) bond motifs is 1.